The van der Waals surface area contributed by atoms with Crippen LogP contribution in [-0.4, -0.2) is 110 Å². The second kappa shape index (κ2) is 45.2. The van der Waals surface area contributed by atoms with E-state index in [2.05, 4.69) is 49.4 Å². The van der Waals surface area contributed by atoms with Crippen molar-refractivity contribution >= 4 is 78.0 Å². The van der Waals surface area contributed by atoms with Crippen LogP contribution in [0.15, 0.2) is 65.7 Å². The van der Waals surface area contributed by atoms with Gasteiger partial charge in [0.25, 0.3) is 0 Å². The third-order valence-corrected chi connectivity index (χ3v) is 11.8. The summed E-state index contributed by atoms with van der Waals surface area (Å²) in [6, 6.07) is 0. The molecule has 1 aromatic rings. The number of rotatable bonds is 0. The van der Waals surface area contributed by atoms with Crippen LogP contribution >= 0.6 is 46.9 Å². The van der Waals surface area contributed by atoms with Crippen LogP contribution in [0, 0.1) is 13.8 Å². The fourth-order valence-corrected chi connectivity index (χ4v) is 8.27. The molecule has 364 valence electrons. The Morgan fingerprint density at radius 2 is 0.761 bits per heavy atom. The minimum atomic E-state index is -5.17. The predicted octanol–water partition coefficient (Wildman–Crippen LogP) is -14.4. The normalized spacial score (nSPS) is 17.4. The number of allylic oxidation sites excluding steroid dienone is 6. The second-order valence-electron chi connectivity index (χ2n) is 11.2. The van der Waals surface area contributed by atoms with E-state index in [1.54, 1.807) is 11.3 Å². The summed E-state index contributed by atoms with van der Waals surface area (Å²) in [5, 5.41) is 18.3. The first kappa shape index (κ1) is 88.4. The number of thiophene rings is 1. The van der Waals surface area contributed by atoms with Crippen molar-refractivity contribution < 1.29 is 256 Å². The van der Waals surface area contributed by atoms with Gasteiger partial charge in [-0.15, -0.1) is 11.3 Å². The molecule has 0 atom stereocenters. The molecule has 0 radical (unpaired) electrons. The van der Waals surface area contributed by atoms with E-state index in [1.807, 2.05) is 13.8 Å². The second-order valence-corrected chi connectivity index (χ2v) is 17.5. The molecule has 7 rings (SSSR count). The summed E-state index contributed by atoms with van der Waals surface area (Å²) in [6.07, 6.45) is 0. The molecule has 3 fully saturated rings. The van der Waals surface area contributed by atoms with Crippen molar-refractivity contribution in [1.82, 2.24) is 0 Å². The van der Waals surface area contributed by atoms with Gasteiger partial charge in [0.05, 0.1) is 30.4 Å². The molecule has 0 unspecified atom stereocenters. The van der Waals surface area contributed by atoms with Crippen LogP contribution in [0.3, 0.4) is 0 Å². The summed E-state index contributed by atoms with van der Waals surface area (Å²) >= 11 is 11.9. The maximum atomic E-state index is 11.6. The largest absolute Gasteiger partial charge is 1.00 e. The molecule has 0 bridgehead atoms. The van der Waals surface area contributed by atoms with Crippen LogP contribution in [0.2, 0.25) is 0 Å². The van der Waals surface area contributed by atoms with Gasteiger partial charge in [-0.1, -0.05) is 0 Å². The first-order valence-electron chi connectivity index (χ1n) is 16.2. The van der Waals surface area contributed by atoms with E-state index in [4.69, 9.17) is 79.6 Å². The molecule has 7 heterocycles. The minimum Gasteiger partial charge on any atom is -0.769 e. The number of aryl methyl sites for hydroxylation is 2. The van der Waals surface area contributed by atoms with Gasteiger partial charge in [-0.2, -0.15) is 0 Å². The third kappa shape index (κ3) is 28.3. The Balaban J connectivity index is -0.0000000861. The van der Waals surface area contributed by atoms with Crippen molar-refractivity contribution in [2.75, 3.05) is 52.9 Å². The van der Waals surface area contributed by atoms with Crippen LogP contribution in [0.1, 0.15) is 51.3 Å². The van der Waals surface area contributed by atoms with Crippen molar-refractivity contribution in [3.05, 3.63) is 75.4 Å². The molecule has 0 saturated carbocycles. The smallest absolute Gasteiger partial charge is 0.769 e. The Morgan fingerprint density at radius 1 is 0.537 bits per heavy atom. The van der Waals surface area contributed by atoms with E-state index >= 15 is 0 Å². The summed E-state index contributed by atoms with van der Waals surface area (Å²) in [4.78, 5) is 4.53. The number of fused-ring (bicyclic) bond motifs is 3. The van der Waals surface area contributed by atoms with Gasteiger partial charge in [-0.05, 0) is 55.4 Å². The Morgan fingerprint density at radius 3 is 1.01 bits per heavy atom. The summed E-state index contributed by atoms with van der Waals surface area (Å²) in [7, 11) is -9.47. The monoisotopic (exact) mass is 1150 g/mol. The number of sulfone groups is 1. The van der Waals surface area contributed by atoms with E-state index in [1.165, 1.54) is 37.4 Å². The molecule has 0 aromatic carbocycles. The number of aliphatic hydroxyl groups excluding tert-OH is 2. The summed E-state index contributed by atoms with van der Waals surface area (Å²) in [5.41, 5.74) is 0. The van der Waals surface area contributed by atoms with Crippen molar-refractivity contribution in [2.45, 2.75) is 55.4 Å². The maximum Gasteiger partial charge on any atom is 1.00 e. The number of halogens is 3. The Bertz CT molecular complexity index is 1910. The summed E-state index contributed by atoms with van der Waals surface area (Å²) in [6.45, 7) is 17.9. The van der Waals surface area contributed by atoms with Gasteiger partial charge >= 0.3 is 148 Å². The van der Waals surface area contributed by atoms with Crippen molar-refractivity contribution in [1.29, 1.82) is 0 Å². The van der Waals surface area contributed by atoms with E-state index in [-0.39, 0.29) is 197 Å². The van der Waals surface area contributed by atoms with Gasteiger partial charge < -0.3 is 87.6 Å². The van der Waals surface area contributed by atoms with Crippen LogP contribution in [0.25, 0.3) is 0 Å². The molecule has 6 aliphatic rings. The van der Waals surface area contributed by atoms with Crippen LogP contribution < -0.4 is 171 Å². The predicted molar refractivity (Wildman–Crippen MR) is 218 cm³/mol. The van der Waals surface area contributed by atoms with Crippen molar-refractivity contribution in [3.63, 3.8) is 0 Å². The van der Waals surface area contributed by atoms with Gasteiger partial charge in [0, 0.05) is 20.2 Å². The molecule has 67 heavy (non-hydrogen) atoms. The molecule has 23 nitrogen and oxygen atoms in total. The number of hydrogen-bond acceptors (Lipinski definition) is 21. The number of ether oxygens (including phenoxy) is 8. The van der Waals surface area contributed by atoms with Gasteiger partial charge in [-0.3, -0.25) is 8.42 Å². The zero-order chi connectivity index (χ0) is 45.8. The third-order valence-electron chi connectivity index (χ3n) is 7.37. The van der Waals surface area contributed by atoms with E-state index in [9.17, 15) is 12.6 Å². The average molecular weight is 1150 g/mol. The molecule has 0 aliphatic carbocycles. The molecule has 0 spiro atoms. The van der Waals surface area contributed by atoms with Crippen molar-refractivity contribution in [2.24, 2.45) is 0 Å². The molecule has 8 N–H and O–H groups in total. The first-order valence-corrected chi connectivity index (χ1v) is 22.0. The quantitative estimate of drug-likeness (QED) is 0.105. The first-order chi connectivity index (χ1) is 27.7. The fraction of sp³-hybridized carbons (Fsp3) is 0.500. The molecule has 1 aromatic heterocycles. The standard InChI is InChI=1S/C8H10O4S.C8H12O4.C8H10O3S.C8H10O2S.3ClO.5Na.H2O4S.3H2O/c1-5-7-8(12-4-3-11-7)6(2)13(5,9)10;1-5(9)7-8(6(2)10)12-4-3-11-7;1-5-7-8(6(2)12(5)9)11-4-3-10-7;1-5-7-8(6(2)11-5)10-4-3-9-7;3*1-2;;;;;;1-5(2,3)4;;;/h3-4H2,1-2H3;9-10H,3-4H2,1-2H3;3-4H2,1-2H3;3-4H2,1-2H3;;;;;;;;;(H2,1,2,3,4);3*1H2/q;;;;3*-1;5*+1;;;;/p-2/b;7-5+,8-6+;;;;;;;;;;;;;;. The van der Waals surface area contributed by atoms with Gasteiger partial charge in [0.15, 0.2) is 34.5 Å². The van der Waals surface area contributed by atoms with Crippen LogP contribution in [0.4, 0.5) is 0 Å². The minimum absolute atomic E-state index is 0. The van der Waals surface area contributed by atoms with Crippen molar-refractivity contribution in [3.8, 4) is 11.5 Å². The number of hydrogen-bond donors (Lipinski definition) is 2. The number of aliphatic hydroxyl groups is 2. The van der Waals surface area contributed by atoms with E-state index < -0.39 is 31.0 Å². The molecular weight excluding hydrogens is 1100 g/mol. The summed E-state index contributed by atoms with van der Waals surface area (Å²) in [5.74, 6) is 4.55. The Kier molecular flexibility index (Phi) is 59.6. The van der Waals surface area contributed by atoms with Crippen LogP contribution in [0.5, 0.6) is 11.5 Å². The zero-order valence-corrected chi connectivity index (χ0v) is 54.7. The van der Waals surface area contributed by atoms with E-state index in [0.717, 1.165) is 21.3 Å². The Hall–Kier alpha value is 1.74. The average Bonchev–Trinajstić information content (AvgIpc) is 3.71. The summed E-state index contributed by atoms with van der Waals surface area (Å²) < 4.78 is 134. The Labute approximate surface area is 522 Å². The maximum absolute atomic E-state index is 11.6. The van der Waals surface area contributed by atoms with Crippen LogP contribution in [-0.2, 0) is 59.5 Å². The fourth-order valence-electron chi connectivity index (χ4n) is 4.97. The zero-order valence-electron chi connectivity index (χ0n) is 39.2. The molecular formula is C32H48Cl3Na5O23S4. The van der Waals surface area contributed by atoms with Gasteiger partial charge in [-0.25, -0.2) is 48.2 Å². The van der Waals surface area contributed by atoms with Gasteiger partial charge in [0.2, 0.25) is 21.4 Å². The molecule has 35 heteroatoms. The molecule has 6 aliphatic heterocycles. The van der Waals surface area contributed by atoms with Gasteiger partial charge in [0.1, 0.15) is 64.4 Å². The topological polar surface area (TPSA) is 409 Å². The molecule has 3 saturated heterocycles. The molecule has 0 amide bonds. The SMILES string of the molecule is C/C(O)=C1\OCCO\C1=C(/C)O.CC1=C2OCCOC2=C(C)S1(=O)=O.CC1=C2OCCOC2=C(C)S1=O.Cc1sc(C)c2c1OCCO2.O.O.O.O=S(=O)([O-])[O-].[Na+].[Na+].[Na+].[Na+].[Na+].[O-]Cl.[O-]Cl.[O-]Cl. The van der Waals surface area contributed by atoms with E-state index in [0.29, 0.717) is 75.9 Å².